The first-order valence-corrected chi connectivity index (χ1v) is 7.46. The number of ether oxygens (including phenoxy) is 2. The smallest absolute Gasteiger partial charge is 0.124 e. The summed E-state index contributed by atoms with van der Waals surface area (Å²) < 4.78 is 10.5. The van der Waals surface area contributed by atoms with Gasteiger partial charge in [0, 0.05) is 24.7 Å². The fourth-order valence-electron chi connectivity index (χ4n) is 2.83. The number of aliphatic hydroxyl groups excluding tert-OH is 1. The normalized spacial score (nSPS) is 20.5. The van der Waals surface area contributed by atoms with Gasteiger partial charge in [0.1, 0.15) is 11.5 Å². The van der Waals surface area contributed by atoms with Crippen molar-refractivity contribution < 1.29 is 14.6 Å². The lowest BCUT2D eigenvalue weighted by atomic mass is 10.1. The third kappa shape index (κ3) is 4.09. The van der Waals surface area contributed by atoms with E-state index >= 15 is 0 Å². The van der Waals surface area contributed by atoms with Crippen LogP contribution in [0, 0.1) is 0 Å². The van der Waals surface area contributed by atoms with Crippen LogP contribution in [0.2, 0.25) is 0 Å². The van der Waals surface area contributed by atoms with Crippen molar-refractivity contribution in [3.63, 3.8) is 0 Å². The average molecular weight is 294 g/mol. The Labute approximate surface area is 126 Å². The summed E-state index contributed by atoms with van der Waals surface area (Å²) in [5.74, 6) is 1.41. The van der Waals surface area contributed by atoms with Gasteiger partial charge in [-0.3, -0.25) is 0 Å². The van der Waals surface area contributed by atoms with Gasteiger partial charge in [-0.05, 0) is 44.6 Å². The second kappa shape index (κ2) is 7.64. The second-order valence-electron chi connectivity index (χ2n) is 5.56. The minimum atomic E-state index is -0.609. The lowest BCUT2D eigenvalue weighted by Crippen LogP contribution is -2.37. The molecule has 2 rings (SSSR count). The molecule has 1 aliphatic rings. The fraction of sp³-hybridized carbons (Fsp3) is 0.625. The molecule has 2 atom stereocenters. The molecule has 1 aliphatic heterocycles. The summed E-state index contributed by atoms with van der Waals surface area (Å²) in [6.45, 7) is 2.58. The Morgan fingerprint density at radius 3 is 2.81 bits per heavy atom. The van der Waals surface area contributed by atoms with Crippen molar-refractivity contribution >= 4 is 0 Å². The molecule has 0 radical (unpaired) electrons. The van der Waals surface area contributed by atoms with Gasteiger partial charge >= 0.3 is 0 Å². The summed E-state index contributed by atoms with van der Waals surface area (Å²) >= 11 is 0. The quantitative estimate of drug-likeness (QED) is 0.796. The van der Waals surface area contributed by atoms with Gasteiger partial charge in [0.25, 0.3) is 0 Å². The molecule has 21 heavy (non-hydrogen) atoms. The molecular formula is C16H26N2O3. The number of nitrogens with zero attached hydrogens (tertiary/aromatic N) is 1. The number of benzene rings is 1. The Bertz CT molecular complexity index is 453. The van der Waals surface area contributed by atoms with Crippen LogP contribution in [0.4, 0.5) is 0 Å². The lowest BCUT2D eigenvalue weighted by molar-refractivity contribution is 0.166. The minimum absolute atomic E-state index is 0.508. The first-order valence-electron chi connectivity index (χ1n) is 7.46. The fourth-order valence-corrected chi connectivity index (χ4v) is 2.83. The van der Waals surface area contributed by atoms with Gasteiger partial charge in [0.2, 0.25) is 0 Å². The zero-order valence-corrected chi connectivity index (χ0v) is 13.1. The maximum Gasteiger partial charge on any atom is 0.124 e. The Morgan fingerprint density at radius 2 is 2.19 bits per heavy atom. The van der Waals surface area contributed by atoms with Gasteiger partial charge in [-0.15, -0.1) is 0 Å². The van der Waals surface area contributed by atoms with E-state index in [0.29, 0.717) is 18.3 Å². The highest BCUT2D eigenvalue weighted by Crippen LogP contribution is 2.29. The molecule has 1 fully saturated rings. The van der Waals surface area contributed by atoms with E-state index < -0.39 is 6.10 Å². The maximum absolute atomic E-state index is 10.4. The van der Waals surface area contributed by atoms with Crippen molar-refractivity contribution in [1.29, 1.82) is 0 Å². The molecule has 0 aromatic heterocycles. The third-order valence-electron chi connectivity index (χ3n) is 4.19. The SMILES string of the molecule is COc1ccc(OC)c(C(O)CNCC2CCCN2C)c1. The second-order valence-corrected chi connectivity index (χ2v) is 5.56. The van der Waals surface area contributed by atoms with Gasteiger partial charge < -0.3 is 24.8 Å². The van der Waals surface area contributed by atoms with Crippen molar-refractivity contribution in [2.24, 2.45) is 0 Å². The number of likely N-dealkylation sites (tertiary alicyclic amines) is 1. The van der Waals surface area contributed by atoms with E-state index in [9.17, 15) is 5.11 Å². The molecular weight excluding hydrogens is 268 g/mol. The van der Waals surface area contributed by atoms with Crippen LogP contribution in [0.3, 0.4) is 0 Å². The number of likely N-dealkylation sites (N-methyl/N-ethyl adjacent to an activating group) is 1. The average Bonchev–Trinajstić information content (AvgIpc) is 2.91. The number of aliphatic hydroxyl groups is 1. The molecule has 1 aromatic rings. The Hall–Kier alpha value is -1.30. The number of hydrogen-bond donors (Lipinski definition) is 2. The Kier molecular flexibility index (Phi) is 5.85. The highest BCUT2D eigenvalue weighted by Gasteiger charge is 2.21. The molecule has 5 nitrogen and oxygen atoms in total. The van der Waals surface area contributed by atoms with E-state index in [-0.39, 0.29) is 0 Å². The molecule has 5 heteroatoms. The predicted octanol–water partition coefficient (Wildman–Crippen LogP) is 1.42. The summed E-state index contributed by atoms with van der Waals surface area (Å²) in [4.78, 5) is 2.37. The first kappa shape index (κ1) is 16.1. The minimum Gasteiger partial charge on any atom is -0.497 e. The van der Waals surface area contributed by atoms with Gasteiger partial charge in [0.05, 0.1) is 20.3 Å². The lowest BCUT2D eigenvalue weighted by Gasteiger charge is -2.21. The molecule has 118 valence electrons. The number of methoxy groups -OCH3 is 2. The van der Waals surface area contributed by atoms with Crippen LogP contribution >= 0.6 is 0 Å². The van der Waals surface area contributed by atoms with E-state index in [2.05, 4.69) is 17.3 Å². The van der Waals surface area contributed by atoms with Crippen LogP contribution in [0.5, 0.6) is 11.5 Å². The third-order valence-corrected chi connectivity index (χ3v) is 4.19. The van der Waals surface area contributed by atoms with Crippen molar-refractivity contribution in [2.45, 2.75) is 25.0 Å². The van der Waals surface area contributed by atoms with E-state index in [1.54, 1.807) is 14.2 Å². The molecule has 1 aromatic carbocycles. The first-order chi connectivity index (χ1) is 10.2. The van der Waals surface area contributed by atoms with Crippen LogP contribution in [0.25, 0.3) is 0 Å². The summed E-state index contributed by atoms with van der Waals surface area (Å²) in [7, 11) is 5.38. The van der Waals surface area contributed by atoms with E-state index in [4.69, 9.17) is 9.47 Å². The molecule has 0 aliphatic carbocycles. The molecule has 1 saturated heterocycles. The van der Waals surface area contributed by atoms with Crippen LogP contribution in [-0.4, -0.2) is 56.9 Å². The van der Waals surface area contributed by atoms with Crippen molar-refractivity contribution in [3.05, 3.63) is 23.8 Å². The Balaban J connectivity index is 1.91. The molecule has 0 spiro atoms. The topological polar surface area (TPSA) is 54.0 Å². The van der Waals surface area contributed by atoms with Crippen molar-refractivity contribution in [1.82, 2.24) is 10.2 Å². The van der Waals surface area contributed by atoms with E-state index in [1.165, 1.54) is 19.4 Å². The predicted molar refractivity (Wildman–Crippen MR) is 83.0 cm³/mol. The van der Waals surface area contributed by atoms with Gasteiger partial charge in [-0.2, -0.15) is 0 Å². The van der Waals surface area contributed by atoms with Gasteiger partial charge in [0.15, 0.2) is 0 Å². The molecule has 0 saturated carbocycles. The number of hydrogen-bond acceptors (Lipinski definition) is 5. The van der Waals surface area contributed by atoms with Crippen LogP contribution in [0.1, 0.15) is 24.5 Å². The molecule has 2 unspecified atom stereocenters. The summed E-state index contributed by atoms with van der Waals surface area (Å²) in [6, 6.07) is 6.05. The van der Waals surface area contributed by atoms with Gasteiger partial charge in [-0.1, -0.05) is 0 Å². The van der Waals surface area contributed by atoms with E-state index in [1.807, 2.05) is 18.2 Å². The highest BCUT2D eigenvalue weighted by atomic mass is 16.5. The van der Waals surface area contributed by atoms with Crippen LogP contribution in [0.15, 0.2) is 18.2 Å². The van der Waals surface area contributed by atoms with Crippen molar-refractivity contribution in [2.75, 3.05) is 40.9 Å². The summed E-state index contributed by atoms with van der Waals surface area (Å²) in [6.07, 6.45) is 1.87. The summed E-state index contributed by atoms with van der Waals surface area (Å²) in [5.41, 5.74) is 0.754. The Morgan fingerprint density at radius 1 is 1.38 bits per heavy atom. The molecule has 1 heterocycles. The van der Waals surface area contributed by atoms with E-state index in [0.717, 1.165) is 17.9 Å². The van der Waals surface area contributed by atoms with Crippen molar-refractivity contribution in [3.8, 4) is 11.5 Å². The largest absolute Gasteiger partial charge is 0.497 e. The molecule has 2 N–H and O–H groups in total. The monoisotopic (exact) mass is 294 g/mol. The standard InChI is InChI=1S/C16H26N2O3/c1-18-8-4-5-12(18)10-17-11-15(19)14-9-13(20-2)6-7-16(14)21-3/h6-7,9,12,15,17,19H,4-5,8,10-11H2,1-3H3. The van der Waals surface area contributed by atoms with Crippen LogP contribution < -0.4 is 14.8 Å². The highest BCUT2D eigenvalue weighted by molar-refractivity contribution is 5.41. The maximum atomic E-state index is 10.4. The zero-order valence-electron chi connectivity index (χ0n) is 13.1. The zero-order chi connectivity index (χ0) is 15.2. The van der Waals surface area contributed by atoms with Gasteiger partial charge in [-0.25, -0.2) is 0 Å². The number of nitrogens with one attached hydrogen (secondary N) is 1. The van der Waals surface area contributed by atoms with Crippen LogP contribution in [-0.2, 0) is 0 Å². The molecule has 0 bridgehead atoms. The molecule has 0 amide bonds. The summed E-state index contributed by atoms with van der Waals surface area (Å²) in [5, 5.41) is 13.7. The number of rotatable bonds is 7.